The van der Waals surface area contributed by atoms with E-state index in [0.29, 0.717) is 6.04 Å². The zero-order chi connectivity index (χ0) is 19.4. The van der Waals surface area contributed by atoms with E-state index in [-0.39, 0.29) is 0 Å². The predicted molar refractivity (Wildman–Crippen MR) is 122 cm³/mol. The number of rotatable bonds is 18. The fourth-order valence-electron chi connectivity index (χ4n) is 3.55. The molecule has 1 aromatic carbocycles. The lowest BCUT2D eigenvalue weighted by Gasteiger charge is -2.13. The Hall–Kier alpha value is -1.08. The van der Waals surface area contributed by atoms with Crippen LogP contribution in [0.25, 0.3) is 0 Å². The molecule has 1 rings (SSSR count). The first-order valence-electron chi connectivity index (χ1n) is 11.7. The van der Waals surface area contributed by atoms with E-state index >= 15 is 0 Å². The van der Waals surface area contributed by atoms with Crippen molar-refractivity contribution in [2.75, 3.05) is 6.54 Å². The first kappa shape index (κ1) is 24.0. The molecule has 0 saturated heterocycles. The van der Waals surface area contributed by atoms with Gasteiger partial charge < -0.3 is 5.32 Å². The minimum absolute atomic E-state index is 0.644. The summed E-state index contributed by atoms with van der Waals surface area (Å²) in [5, 5.41) is 3.67. The van der Waals surface area contributed by atoms with Gasteiger partial charge in [-0.15, -0.1) is 0 Å². The topological polar surface area (TPSA) is 12.0 Å². The molecule has 1 heteroatoms. The largest absolute Gasteiger partial charge is 0.314 e. The van der Waals surface area contributed by atoms with Crippen molar-refractivity contribution in [2.24, 2.45) is 0 Å². The highest BCUT2D eigenvalue weighted by Crippen LogP contribution is 2.10. The normalized spacial score (nSPS) is 12.7. The lowest BCUT2D eigenvalue weighted by Crippen LogP contribution is -2.27. The quantitative estimate of drug-likeness (QED) is 0.204. The van der Waals surface area contributed by atoms with Crippen LogP contribution in [0.4, 0.5) is 0 Å². The summed E-state index contributed by atoms with van der Waals surface area (Å²) in [6.45, 7) is 5.71. The third kappa shape index (κ3) is 15.7. The molecule has 1 atom stereocenters. The number of hydrogen-bond acceptors (Lipinski definition) is 1. The Balaban J connectivity index is 1.82. The fourth-order valence-corrected chi connectivity index (χ4v) is 3.55. The molecule has 0 saturated carbocycles. The maximum absolute atomic E-state index is 3.67. The molecule has 0 amide bonds. The van der Waals surface area contributed by atoms with Crippen LogP contribution in [0.15, 0.2) is 42.5 Å². The molecule has 0 heterocycles. The molecule has 27 heavy (non-hydrogen) atoms. The Morgan fingerprint density at radius 3 is 2.04 bits per heavy atom. The molecule has 0 spiro atoms. The van der Waals surface area contributed by atoms with Gasteiger partial charge in [0.05, 0.1) is 0 Å². The van der Waals surface area contributed by atoms with Crippen molar-refractivity contribution in [2.45, 2.75) is 110 Å². The molecule has 0 bridgehead atoms. The molecule has 0 aliphatic heterocycles. The minimum atomic E-state index is 0.644. The summed E-state index contributed by atoms with van der Waals surface area (Å²) in [7, 11) is 0. The first-order chi connectivity index (χ1) is 13.3. The average Bonchev–Trinajstić information content (AvgIpc) is 2.69. The summed E-state index contributed by atoms with van der Waals surface area (Å²) in [6.07, 6.45) is 23.8. The lowest BCUT2D eigenvalue weighted by molar-refractivity contribution is 0.484. The molecule has 0 fully saturated rings. The summed E-state index contributed by atoms with van der Waals surface area (Å²) >= 11 is 0. The maximum Gasteiger partial charge on any atom is 0.00388 e. The molecule has 0 aliphatic carbocycles. The zero-order valence-electron chi connectivity index (χ0n) is 18.2. The lowest BCUT2D eigenvalue weighted by atomic mass is 10.1. The van der Waals surface area contributed by atoms with Gasteiger partial charge >= 0.3 is 0 Å². The van der Waals surface area contributed by atoms with E-state index in [1.54, 1.807) is 0 Å². The zero-order valence-corrected chi connectivity index (χ0v) is 18.2. The van der Waals surface area contributed by atoms with Gasteiger partial charge in [-0.25, -0.2) is 0 Å². The van der Waals surface area contributed by atoms with Gasteiger partial charge in [-0.05, 0) is 57.6 Å². The van der Waals surface area contributed by atoms with E-state index in [0.717, 1.165) is 13.0 Å². The van der Waals surface area contributed by atoms with E-state index in [9.17, 15) is 0 Å². The van der Waals surface area contributed by atoms with Gasteiger partial charge in [0.25, 0.3) is 0 Å². The van der Waals surface area contributed by atoms with E-state index in [2.05, 4.69) is 61.6 Å². The van der Waals surface area contributed by atoms with Gasteiger partial charge in [-0.1, -0.05) is 101 Å². The van der Waals surface area contributed by atoms with Crippen molar-refractivity contribution < 1.29 is 0 Å². The van der Waals surface area contributed by atoms with Crippen LogP contribution in [0.2, 0.25) is 0 Å². The van der Waals surface area contributed by atoms with Crippen LogP contribution < -0.4 is 5.32 Å². The van der Waals surface area contributed by atoms with Crippen LogP contribution in [0.5, 0.6) is 0 Å². The highest BCUT2D eigenvalue weighted by molar-refractivity contribution is 5.14. The number of benzene rings is 1. The van der Waals surface area contributed by atoms with Crippen LogP contribution >= 0.6 is 0 Å². The first-order valence-corrected chi connectivity index (χ1v) is 11.7. The Morgan fingerprint density at radius 1 is 0.778 bits per heavy atom. The number of hydrogen-bond donors (Lipinski definition) is 1. The molecular weight excluding hydrogens is 326 g/mol. The second-order valence-corrected chi connectivity index (χ2v) is 8.11. The summed E-state index contributed by atoms with van der Waals surface area (Å²) in [6, 6.07) is 11.4. The Morgan fingerprint density at radius 2 is 1.37 bits per heavy atom. The van der Waals surface area contributed by atoms with Crippen molar-refractivity contribution in [1.29, 1.82) is 0 Å². The highest BCUT2D eigenvalue weighted by atomic mass is 14.9. The van der Waals surface area contributed by atoms with Crippen LogP contribution in [0, 0.1) is 0 Å². The Kier molecular flexibility index (Phi) is 16.2. The molecule has 154 valence electrons. The van der Waals surface area contributed by atoms with Crippen molar-refractivity contribution in [1.82, 2.24) is 5.32 Å². The monoisotopic (exact) mass is 371 g/mol. The van der Waals surface area contributed by atoms with Crippen LogP contribution in [-0.4, -0.2) is 12.6 Å². The second-order valence-electron chi connectivity index (χ2n) is 8.11. The second kappa shape index (κ2) is 18.3. The molecule has 0 aromatic heterocycles. The van der Waals surface area contributed by atoms with Gasteiger partial charge in [0, 0.05) is 6.04 Å². The van der Waals surface area contributed by atoms with Crippen LogP contribution in [0.1, 0.15) is 103 Å². The maximum atomic E-state index is 3.67. The van der Waals surface area contributed by atoms with Crippen LogP contribution in [0.3, 0.4) is 0 Å². The van der Waals surface area contributed by atoms with Gasteiger partial charge in [0.15, 0.2) is 0 Å². The molecule has 1 unspecified atom stereocenters. The highest BCUT2D eigenvalue weighted by Gasteiger charge is 2.01. The Bertz CT molecular complexity index is 437. The Labute approximate surface area is 170 Å². The number of unbranched alkanes of at least 4 members (excludes halogenated alkanes) is 10. The molecule has 0 radical (unpaired) electrons. The third-order valence-corrected chi connectivity index (χ3v) is 5.40. The number of allylic oxidation sites excluding steroid dienone is 2. The van der Waals surface area contributed by atoms with E-state index in [4.69, 9.17) is 0 Å². The third-order valence-electron chi connectivity index (χ3n) is 5.40. The summed E-state index contributed by atoms with van der Waals surface area (Å²) in [4.78, 5) is 0. The van der Waals surface area contributed by atoms with Crippen LogP contribution in [-0.2, 0) is 6.42 Å². The predicted octanol–water partition coefficient (Wildman–Crippen LogP) is 7.85. The molecule has 1 nitrogen and oxygen atoms in total. The molecule has 1 N–H and O–H groups in total. The summed E-state index contributed by atoms with van der Waals surface area (Å²) < 4.78 is 0. The molecule has 0 aliphatic rings. The van der Waals surface area contributed by atoms with E-state index < -0.39 is 0 Å². The fraction of sp³-hybridized carbons (Fsp3) is 0.692. The van der Waals surface area contributed by atoms with Crippen molar-refractivity contribution in [3.8, 4) is 0 Å². The SMILES string of the molecule is CCCCCCCCC=CCCCCCCC(C)NCCc1ccccc1. The summed E-state index contributed by atoms with van der Waals surface area (Å²) in [5.74, 6) is 0. The van der Waals surface area contributed by atoms with Gasteiger partial charge in [0.1, 0.15) is 0 Å². The van der Waals surface area contributed by atoms with Crippen molar-refractivity contribution in [3.05, 3.63) is 48.0 Å². The molecule has 1 aromatic rings. The number of nitrogens with one attached hydrogen (secondary N) is 1. The van der Waals surface area contributed by atoms with Gasteiger partial charge in [0.2, 0.25) is 0 Å². The smallest absolute Gasteiger partial charge is 0.00388 e. The average molecular weight is 372 g/mol. The van der Waals surface area contributed by atoms with E-state index in [1.807, 2.05) is 0 Å². The van der Waals surface area contributed by atoms with E-state index in [1.165, 1.54) is 89.0 Å². The van der Waals surface area contributed by atoms with Gasteiger partial charge in [-0.3, -0.25) is 0 Å². The van der Waals surface area contributed by atoms with Crippen molar-refractivity contribution in [3.63, 3.8) is 0 Å². The van der Waals surface area contributed by atoms with Gasteiger partial charge in [-0.2, -0.15) is 0 Å². The molecular formula is C26H45N. The summed E-state index contributed by atoms with van der Waals surface area (Å²) in [5.41, 5.74) is 1.43. The minimum Gasteiger partial charge on any atom is -0.314 e. The standard InChI is InChI=1S/C26H45N/c1-3-4-5-6-7-8-9-10-11-12-13-14-15-17-20-25(2)27-24-23-26-21-18-16-19-22-26/h10-11,16,18-19,21-22,25,27H,3-9,12-15,17,20,23-24H2,1-2H3. The van der Waals surface area contributed by atoms with Crippen molar-refractivity contribution >= 4 is 0 Å².